The molecular formula is C22H28N2O4S. The largest absolute Gasteiger partial charge is 0.462 e. The Hall–Kier alpha value is -2.22. The number of esters is 1. The Labute approximate surface area is 175 Å². The summed E-state index contributed by atoms with van der Waals surface area (Å²) in [6.07, 6.45) is 0.186. The van der Waals surface area contributed by atoms with Gasteiger partial charge < -0.3 is 14.8 Å². The Morgan fingerprint density at radius 2 is 1.86 bits per heavy atom. The first kappa shape index (κ1) is 21.5. The number of amides is 1. The molecule has 156 valence electrons. The van der Waals surface area contributed by atoms with Crippen molar-refractivity contribution in [2.45, 2.75) is 39.9 Å². The van der Waals surface area contributed by atoms with Gasteiger partial charge >= 0.3 is 5.97 Å². The summed E-state index contributed by atoms with van der Waals surface area (Å²) >= 11 is 1.41. The van der Waals surface area contributed by atoms with Gasteiger partial charge in [-0.3, -0.25) is 9.69 Å². The van der Waals surface area contributed by atoms with Gasteiger partial charge in [0, 0.05) is 18.0 Å². The molecule has 0 bridgehead atoms. The first-order valence-corrected chi connectivity index (χ1v) is 10.7. The number of thiophene rings is 1. The van der Waals surface area contributed by atoms with E-state index < -0.39 is 5.97 Å². The average Bonchev–Trinajstić information content (AvgIpc) is 2.97. The highest BCUT2D eigenvalue weighted by atomic mass is 32.1. The quantitative estimate of drug-likeness (QED) is 0.723. The third-order valence-electron chi connectivity index (χ3n) is 4.78. The normalized spacial score (nSPS) is 19.7. The molecule has 0 saturated carbocycles. The van der Waals surface area contributed by atoms with Crippen molar-refractivity contribution < 1.29 is 19.1 Å². The van der Waals surface area contributed by atoms with E-state index in [1.54, 1.807) is 6.92 Å². The van der Waals surface area contributed by atoms with Gasteiger partial charge in [0.2, 0.25) is 5.91 Å². The minimum Gasteiger partial charge on any atom is -0.462 e. The van der Waals surface area contributed by atoms with E-state index in [1.807, 2.05) is 51.1 Å². The van der Waals surface area contributed by atoms with E-state index in [0.717, 1.165) is 16.0 Å². The molecule has 1 fully saturated rings. The summed E-state index contributed by atoms with van der Waals surface area (Å²) in [7, 11) is 0. The van der Waals surface area contributed by atoms with Gasteiger partial charge in [0.25, 0.3) is 0 Å². The van der Waals surface area contributed by atoms with Gasteiger partial charge in [-0.15, -0.1) is 11.3 Å². The van der Waals surface area contributed by atoms with E-state index in [9.17, 15) is 9.59 Å². The number of carbonyl (C=O) groups is 2. The predicted molar refractivity (Wildman–Crippen MR) is 116 cm³/mol. The Bertz CT molecular complexity index is 855. The standard InChI is InChI=1S/C22H28N2O4S/c1-5-27-22(26)19-16(4)20(17-9-7-6-8-10-17)29-21(19)23-18(25)13-24-11-14(2)28-15(3)12-24/h6-10,14-15H,5,11-13H2,1-4H3,(H,23,25)/t14-,15-/m1/s1. The minimum atomic E-state index is -0.410. The number of nitrogens with one attached hydrogen (secondary N) is 1. The molecule has 0 unspecified atom stereocenters. The van der Waals surface area contributed by atoms with Gasteiger partial charge in [0.1, 0.15) is 5.00 Å². The molecule has 1 saturated heterocycles. The zero-order valence-electron chi connectivity index (χ0n) is 17.4. The second-order valence-corrected chi connectivity index (χ2v) is 8.37. The molecule has 1 aromatic carbocycles. The Kier molecular flexibility index (Phi) is 7.05. The summed E-state index contributed by atoms with van der Waals surface area (Å²) in [5.41, 5.74) is 2.27. The fourth-order valence-electron chi connectivity index (χ4n) is 3.70. The lowest BCUT2D eigenvalue weighted by Gasteiger charge is -2.34. The Morgan fingerprint density at radius 3 is 2.48 bits per heavy atom. The van der Waals surface area contributed by atoms with Crippen molar-refractivity contribution in [2.24, 2.45) is 0 Å². The zero-order valence-corrected chi connectivity index (χ0v) is 18.2. The molecule has 0 aliphatic carbocycles. The molecule has 1 N–H and O–H groups in total. The van der Waals surface area contributed by atoms with Crippen LogP contribution in [0.15, 0.2) is 30.3 Å². The fourth-order valence-corrected chi connectivity index (χ4v) is 4.91. The lowest BCUT2D eigenvalue weighted by Crippen LogP contribution is -2.48. The summed E-state index contributed by atoms with van der Waals surface area (Å²) in [4.78, 5) is 28.4. The van der Waals surface area contributed by atoms with Crippen LogP contribution in [0.4, 0.5) is 5.00 Å². The van der Waals surface area contributed by atoms with Gasteiger partial charge in [-0.05, 0) is 38.8 Å². The molecule has 0 spiro atoms. The van der Waals surface area contributed by atoms with Gasteiger partial charge in [-0.25, -0.2) is 4.79 Å². The van der Waals surface area contributed by atoms with Crippen LogP contribution in [0.3, 0.4) is 0 Å². The number of rotatable bonds is 6. The van der Waals surface area contributed by atoms with Crippen LogP contribution in [0.5, 0.6) is 0 Å². The molecule has 2 aromatic rings. The molecule has 0 radical (unpaired) electrons. The van der Waals surface area contributed by atoms with Crippen LogP contribution in [-0.4, -0.2) is 55.2 Å². The SMILES string of the molecule is CCOC(=O)c1c(NC(=O)CN2C[C@@H](C)O[C@H](C)C2)sc(-c2ccccc2)c1C. The highest BCUT2D eigenvalue weighted by Gasteiger charge is 2.27. The van der Waals surface area contributed by atoms with Crippen molar-refractivity contribution in [1.82, 2.24) is 4.90 Å². The third-order valence-corrected chi connectivity index (χ3v) is 6.03. The smallest absolute Gasteiger partial charge is 0.341 e. The molecule has 29 heavy (non-hydrogen) atoms. The summed E-state index contributed by atoms with van der Waals surface area (Å²) in [5, 5.41) is 3.49. The van der Waals surface area contributed by atoms with Crippen molar-refractivity contribution in [3.8, 4) is 10.4 Å². The van der Waals surface area contributed by atoms with Crippen LogP contribution in [-0.2, 0) is 14.3 Å². The maximum Gasteiger partial charge on any atom is 0.341 e. The predicted octanol–water partition coefficient (Wildman–Crippen LogP) is 3.95. The first-order chi connectivity index (χ1) is 13.9. The summed E-state index contributed by atoms with van der Waals surface area (Å²) in [6.45, 7) is 9.65. The van der Waals surface area contributed by atoms with Gasteiger partial charge in [-0.2, -0.15) is 0 Å². The van der Waals surface area contributed by atoms with Crippen molar-refractivity contribution in [3.63, 3.8) is 0 Å². The fraction of sp³-hybridized carbons (Fsp3) is 0.455. The zero-order chi connectivity index (χ0) is 21.0. The molecule has 3 rings (SSSR count). The van der Waals surface area contributed by atoms with Crippen LogP contribution in [0.1, 0.15) is 36.7 Å². The van der Waals surface area contributed by atoms with Crippen molar-refractivity contribution in [3.05, 3.63) is 41.5 Å². The molecule has 1 amide bonds. The second kappa shape index (κ2) is 9.52. The number of hydrogen-bond acceptors (Lipinski definition) is 6. The summed E-state index contributed by atoms with van der Waals surface area (Å²) < 4.78 is 11.0. The molecule has 2 heterocycles. The van der Waals surface area contributed by atoms with E-state index in [2.05, 4.69) is 10.2 Å². The van der Waals surface area contributed by atoms with Crippen molar-refractivity contribution in [1.29, 1.82) is 0 Å². The van der Waals surface area contributed by atoms with Gasteiger partial charge in [-0.1, -0.05) is 30.3 Å². The lowest BCUT2D eigenvalue weighted by molar-refractivity contribution is -0.121. The van der Waals surface area contributed by atoms with E-state index in [-0.39, 0.29) is 31.3 Å². The molecular weight excluding hydrogens is 388 g/mol. The van der Waals surface area contributed by atoms with Crippen molar-refractivity contribution >= 4 is 28.2 Å². The summed E-state index contributed by atoms with van der Waals surface area (Å²) in [6, 6.07) is 9.85. The Morgan fingerprint density at radius 1 is 1.21 bits per heavy atom. The van der Waals surface area contributed by atoms with E-state index in [1.165, 1.54) is 11.3 Å². The molecule has 1 aliphatic heterocycles. The van der Waals surface area contributed by atoms with E-state index in [0.29, 0.717) is 23.7 Å². The monoisotopic (exact) mass is 416 g/mol. The number of hydrogen-bond donors (Lipinski definition) is 1. The number of anilines is 1. The first-order valence-electron chi connectivity index (χ1n) is 9.92. The topological polar surface area (TPSA) is 67.9 Å². The average molecular weight is 417 g/mol. The molecule has 7 heteroatoms. The van der Waals surface area contributed by atoms with Crippen LogP contribution in [0.2, 0.25) is 0 Å². The minimum absolute atomic E-state index is 0.0929. The van der Waals surface area contributed by atoms with Crippen LogP contribution in [0, 0.1) is 6.92 Å². The number of carbonyl (C=O) groups excluding carboxylic acids is 2. The second-order valence-electron chi connectivity index (χ2n) is 7.35. The molecule has 6 nitrogen and oxygen atoms in total. The van der Waals surface area contributed by atoms with Crippen LogP contribution >= 0.6 is 11.3 Å². The lowest BCUT2D eigenvalue weighted by atomic mass is 10.1. The molecule has 1 aromatic heterocycles. The third kappa shape index (κ3) is 5.23. The van der Waals surface area contributed by atoms with Crippen LogP contribution in [0.25, 0.3) is 10.4 Å². The van der Waals surface area contributed by atoms with E-state index >= 15 is 0 Å². The maximum absolute atomic E-state index is 12.7. The maximum atomic E-state index is 12.7. The summed E-state index contributed by atoms with van der Waals surface area (Å²) in [5.74, 6) is -0.551. The van der Waals surface area contributed by atoms with E-state index in [4.69, 9.17) is 9.47 Å². The highest BCUT2D eigenvalue weighted by molar-refractivity contribution is 7.20. The number of morpholine rings is 1. The Balaban J connectivity index is 1.83. The molecule has 1 aliphatic rings. The number of ether oxygens (including phenoxy) is 2. The van der Waals surface area contributed by atoms with Gasteiger partial charge in [0.15, 0.2) is 0 Å². The number of benzene rings is 1. The van der Waals surface area contributed by atoms with Crippen LogP contribution < -0.4 is 5.32 Å². The van der Waals surface area contributed by atoms with Crippen molar-refractivity contribution in [2.75, 3.05) is 31.6 Å². The van der Waals surface area contributed by atoms with Gasteiger partial charge in [0.05, 0.1) is 30.9 Å². The highest BCUT2D eigenvalue weighted by Crippen LogP contribution is 2.40. The number of nitrogens with zero attached hydrogens (tertiary/aromatic N) is 1. The molecule has 2 atom stereocenters.